The summed E-state index contributed by atoms with van der Waals surface area (Å²) in [7, 11) is 1.67. The zero-order valence-electron chi connectivity index (χ0n) is 13.3. The number of likely N-dealkylation sites (N-methyl/N-ethyl adjacent to an activating group) is 1. The van der Waals surface area contributed by atoms with E-state index in [1.165, 1.54) is 12.1 Å². The fraction of sp³-hybridized carbons (Fsp3) is 0.467. The summed E-state index contributed by atoms with van der Waals surface area (Å²) >= 11 is 0.450. The van der Waals surface area contributed by atoms with E-state index in [1.807, 2.05) is 13.8 Å². The van der Waals surface area contributed by atoms with Gasteiger partial charge in [0.15, 0.2) is 0 Å². The van der Waals surface area contributed by atoms with Gasteiger partial charge in [-0.3, -0.25) is 14.5 Å². The van der Waals surface area contributed by atoms with E-state index in [0.29, 0.717) is 22.3 Å². The topological polar surface area (TPSA) is 61.4 Å². The van der Waals surface area contributed by atoms with E-state index in [9.17, 15) is 18.4 Å². The Labute approximate surface area is 138 Å². The van der Waals surface area contributed by atoms with Crippen molar-refractivity contribution in [3.63, 3.8) is 0 Å². The lowest BCUT2D eigenvalue weighted by Crippen LogP contribution is -2.41. The van der Waals surface area contributed by atoms with Crippen molar-refractivity contribution in [3.8, 4) is 0 Å². The summed E-state index contributed by atoms with van der Waals surface area (Å²) in [5.41, 5.74) is 0.522. The third-order valence-corrected chi connectivity index (χ3v) is 3.36. The first-order valence-corrected chi connectivity index (χ1v) is 7.97. The largest absolute Gasteiger partial charge is 0.353 e. The van der Waals surface area contributed by atoms with Gasteiger partial charge >= 0.3 is 0 Å². The maximum Gasteiger partial charge on any atom is 0.288 e. The number of nitrogens with zero attached hydrogens (tertiary/aromatic N) is 1. The molecular formula is C15H21F2N3O2S. The first-order valence-electron chi connectivity index (χ1n) is 7.09. The minimum atomic E-state index is -2.47. The highest BCUT2D eigenvalue weighted by Gasteiger charge is 2.12. The molecule has 1 rings (SSSR count). The smallest absolute Gasteiger partial charge is 0.288 e. The molecule has 0 aliphatic heterocycles. The highest BCUT2D eigenvalue weighted by molar-refractivity contribution is 7.99. The van der Waals surface area contributed by atoms with Crippen molar-refractivity contribution < 1.29 is 18.4 Å². The molecule has 0 aromatic heterocycles. The molecule has 1 aromatic carbocycles. The van der Waals surface area contributed by atoms with Crippen molar-refractivity contribution in [2.45, 2.75) is 30.5 Å². The molecule has 0 unspecified atom stereocenters. The van der Waals surface area contributed by atoms with E-state index in [1.54, 1.807) is 24.1 Å². The van der Waals surface area contributed by atoms with Gasteiger partial charge in [0.25, 0.3) is 5.76 Å². The number of hydrogen-bond donors (Lipinski definition) is 2. The molecule has 0 aliphatic carbocycles. The molecule has 0 radical (unpaired) electrons. The lowest BCUT2D eigenvalue weighted by atomic mass is 10.3. The third-order valence-electron chi connectivity index (χ3n) is 2.64. The lowest BCUT2D eigenvalue weighted by molar-refractivity contribution is -0.123. The fourth-order valence-electron chi connectivity index (χ4n) is 1.83. The average Bonchev–Trinajstić information content (AvgIpc) is 2.38. The van der Waals surface area contributed by atoms with E-state index in [2.05, 4.69) is 10.6 Å². The Kier molecular flexibility index (Phi) is 7.97. The van der Waals surface area contributed by atoms with Gasteiger partial charge in [-0.25, -0.2) is 0 Å². The number of anilines is 1. The quantitative estimate of drug-likeness (QED) is 0.710. The average molecular weight is 345 g/mol. The SMILES string of the molecule is CC(C)NC(=O)CN(C)CC(=O)Nc1ccc(SC(F)F)cc1. The number of nitrogens with one attached hydrogen (secondary N) is 2. The van der Waals surface area contributed by atoms with Crippen molar-refractivity contribution in [1.82, 2.24) is 10.2 Å². The third kappa shape index (κ3) is 8.51. The van der Waals surface area contributed by atoms with Crippen LogP contribution in [-0.4, -0.2) is 48.7 Å². The summed E-state index contributed by atoms with van der Waals surface area (Å²) in [5.74, 6) is -2.90. The van der Waals surface area contributed by atoms with Crippen molar-refractivity contribution in [3.05, 3.63) is 24.3 Å². The van der Waals surface area contributed by atoms with Crippen molar-refractivity contribution >= 4 is 29.3 Å². The van der Waals surface area contributed by atoms with E-state index in [-0.39, 0.29) is 30.9 Å². The Balaban J connectivity index is 2.42. The van der Waals surface area contributed by atoms with Gasteiger partial charge in [-0.2, -0.15) is 8.78 Å². The number of thioether (sulfide) groups is 1. The van der Waals surface area contributed by atoms with Gasteiger partial charge in [0, 0.05) is 16.6 Å². The van der Waals surface area contributed by atoms with Crippen LogP contribution >= 0.6 is 11.8 Å². The van der Waals surface area contributed by atoms with Gasteiger partial charge in [-0.1, -0.05) is 11.8 Å². The summed E-state index contributed by atoms with van der Waals surface area (Å²) in [6.45, 7) is 3.90. The summed E-state index contributed by atoms with van der Waals surface area (Å²) in [6, 6.07) is 6.22. The Hall–Kier alpha value is -1.67. The minimum Gasteiger partial charge on any atom is -0.353 e. The van der Waals surface area contributed by atoms with Crippen molar-refractivity contribution in [2.24, 2.45) is 0 Å². The first kappa shape index (κ1) is 19.4. The number of hydrogen-bond acceptors (Lipinski definition) is 4. The monoisotopic (exact) mass is 345 g/mol. The zero-order chi connectivity index (χ0) is 17.4. The van der Waals surface area contributed by atoms with Crippen molar-refractivity contribution in [1.29, 1.82) is 0 Å². The molecule has 0 fully saturated rings. The lowest BCUT2D eigenvalue weighted by Gasteiger charge is -2.17. The molecule has 0 aliphatic rings. The predicted octanol–water partition coefficient (Wildman–Crippen LogP) is 2.40. The molecule has 1 aromatic rings. The highest BCUT2D eigenvalue weighted by atomic mass is 32.2. The standard InChI is InChI=1S/C15H21F2N3O2S/c1-10(2)18-13(21)8-20(3)9-14(22)19-11-4-6-12(7-5-11)23-15(16)17/h4-7,10,15H,8-9H2,1-3H3,(H,18,21)(H,19,22). The molecular weight excluding hydrogens is 324 g/mol. The maximum absolute atomic E-state index is 12.2. The van der Waals surface area contributed by atoms with E-state index in [4.69, 9.17) is 0 Å². The number of carbonyl (C=O) groups is 2. The second-order valence-corrected chi connectivity index (χ2v) is 6.41. The van der Waals surface area contributed by atoms with Crippen LogP contribution in [0.25, 0.3) is 0 Å². The molecule has 0 heterocycles. The maximum atomic E-state index is 12.2. The number of halogens is 2. The summed E-state index contributed by atoms with van der Waals surface area (Å²) in [6.07, 6.45) is 0. The molecule has 0 saturated carbocycles. The van der Waals surface area contributed by atoms with Crippen LogP contribution in [0.4, 0.5) is 14.5 Å². The van der Waals surface area contributed by atoms with E-state index in [0.717, 1.165) is 0 Å². The minimum absolute atomic E-state index is 0.0503. The number of alkyl halides is 2. The van der Waals surface area contributed by atoms with Gasteiger partial charge in [-0.05, 0) is 45.2 Å². The second-order valence-electron chi connectivity index (χ2n) is 5.35. The number of rotatable bonds is 8. The summed E-state index contributed by atoms with van der Waals surface area (Å²) in [5, 5.41) is 5.40. The second kappa shape index (κ2) is 9.46. The van der Waals surface area contributed by atoms with E-state index < -0.39 is 5.76 Å². The van der Waals surface area contributed by atoms with Crippen LogP contribution in [0.5, 0.6) is 0 Å². The Bertz CT molecular complexity index is 524. The molecule has 128 valence electrons. The van der Waals surface area contributed by atoms with Crippen LogP contribution in [0.3, 0.4) is 0 Å². The Morgan fingerprint density at radius 1 is 1.13 bits per heavy atom. The predicted molar refractivity (Wildman–Crippen MR) is 87.7 cm³/mol. The summed E-state index contributed by atoms with van der Waals surface area (Å²) in [4.78, 5) is 25.5. The van der Waals surface area contributed by atoms with Gasteiger partial charge in [0.05, 0.1) is 13.1 Å². The van der Waals surface area contributed by atoms with Crippen LogP contribution in [0.1, 0.15) is 13.8 Å². The van der Waals surface area contributed by atoms with Gasteiger partial charge in [0.2, 0.25) is 11.8 Å². The van der Waals surface area contributed by atoms with Crippen LogP contribution in [0, 0.1) is 0 Å². The fourth-order valence-corrected chi connectivity index (χ4v) is 2.33. The summed E-state index contributed by atoms with van der Waals surface area (Å²) < 4.78 is 24.4. The molecule has 0 bridgehead atoms. The molecule has 0 saturated heterocycles. The first-order chi connectivity index (χ1) is 10.8. The van der Waals surface area contributed by atoms with Crippen LogP contribution in [0.15, 0.2) is 29.2 Å². The molecule has 0 spiro atoms. The van der Waals surface area contributed by atoms with Crippen molar-refractivity contribution in [2.75, 3.05) is 25.5 Å². The molecule has 5 nitrogen and oxygen atoms in total. The zero-order valence-corrected chi connectivity index (χ0v) is 14.1. The molecule has 8 heteroatoms. The Morgan fingerprint density at radius 2 is 1.70 bits per heavy atom. The number of carbonyl (C=O) groups excluding carboxylic acids is 2. The van der Waals surface area contributed by atoms with Crippen LogP contribution in [-0.2, 0) is 9.59 Å². The van der Waals surface area contributed by atoms with Crippen LogP contribution < -0.4 is 10.6 Å². The molecule has 23 heavy (non-hydrogen) atoms. The van der Waals surface area contributed by atoms with Gasteiger partial charge in [-0.15, -0.1) is 0 Å². The number of amides is 2. The van der Waals surface area contributed by atoms with Gasteiger partial charge in [0.1, 0.15) is 0 Å². The van der Waals surface area contributed by atoms with Crippen LogP contribution in [0.2, 0.25) is 0 Å². The van der Waals surface area contributed by atoms with E-state index >= 15 is 0 Å². The Morgan fingerprint density at radius 3 is 2.22 bits per heavy atom. The molecule has 0 atom stereocenters. The highest BCUT2D eigenvalue weighted by Crippen LogP contribution is 2.26. The molecule has 2 N–H and O–H groups in total. The number of benzene rings is 1. The van der Waals surface area contributed by atoms with Gasteiger partial charge < -0.3 is 10.6 Å². The molecule has 2 amide bonds. The normalized spacial score (nSPS) is 11.1.